The molecule has 2 heterocycles. The molecule has 2 saturated carbocycles. The number of nitrogens with one attached hydrogen (secondary N) is 1. The summed E-state index contributed by atoms with van der Waals surface area (Å²) in [5.41, 5.74) is 2.33. The van der Waals surface area contributed by atoms with Crippen molar-refractivity contribution < 1.29 is 24.3 Å². The van der Waals surface area contributed by atoms with Crippen molar-refractivity contribution in [2.75, 3.05) is 5.32 Å². The van der Waals surface area contributed by atoms with Crippen molar-refractivity contribution in [3.63, 3.8) is 0 Å². The van der Waals surface area contributed by atoms with Gasteiger partial charge in [-0.15, -0.1) is 11.3 Å². The Morgan fingerprint density at radius 3 is 2.40 bits per heavy atom. The van der Waals surface area contributed by atoms with Crippen LogP contribution in [0.15, 0.2) is 4.52 Å². The molecule has 5 rings (SSSR count). The topological polar surface area (TPSA) is 126 Å². The molecule has 0 spiro atoms. The van der Waals surface area contributed by atoms with Crippen molar-refractivity contribution in [2.45, 2.75) is 76.5 Å². The molecule has 0 aliphatic heterocycles. The molecule has 2 aromatic heterocycles. The highest BCUT2D eigenvalue weighted by molar-refractivity contribution is 7.17. The van der Waals surface area contributed by atoms with Gasteiger partial charge in [0.1, 0.15) is 5.00 Å². The number of carbonyl (C=O) groups excluding carboxylic acids is 1. The Morgan fingerprint density at radius 1 is 1.00 bits per heavy atom. The van der Waals surface area contributed by atoms with Crippen molar-refractivity contribution in [1.29, 1.82) is 0 Å². The highest BCUT2D eigenvalue weighted by atomic mass is 32.1. The third-order valence-corrected chi connectivity index (χ3v) is 7.19. The van der Waals surface area contributed by atoms with E-state index in [1.165, 1.54) is 42.5 Å². The Hall–Kier alpha value is -2.42. The third-order valence-electron chi connectivity index (χ3n) is 5.98. The van der Waals surface area contributed by atoms with Crippen molar-refractivity contribution in [3.05, 3.63) is 16.3 Å². The van der Waals surface area contributed by atoms with Gasteiger partial charge in [0.2, 0.25) is 5.91 Å². The first-order valence-corrected chi connectivity index (χ1v) is 11.6. The lowest BCUT2D eigenvalue weighted by molar-refractivity contribution is -0.120. The van der Waals surface area contributed by atoms with Crippen LogP contribution in [0.25, 0.3) is 11.5 Å². The van der Waals surface area contributed by atoms with Crippen LogP contribution >= 0.6 is 11.3 Å². The van der Waals surface area contributed by atoms with Gasteiger partial charge in [0.25, 0.3) is 5.89 Å². The molecule has 0 atom stereocenters. The molecule has 162 valence electrons. The summed E-state index contributed by atoms with van der Waals surface area (Å²) in [6, 6.07) is 0. The third kappa shape index (κ3) is 4.83. The molecule has 0 radical (unpaired) electrons. The second-order valence-electron chi connectivity index (χ2n) is 8.25. The number of hydrogen-bond donors (Lipinski definition) is 3. The molecule has 9 heteroatoms. The van der Waals surface area contributed by atoms with Gasteiger partial charge in [0, 0.05) is 16.7 Å². The predicted octanol–water partition coefficient (Wildman–Crippen LogP) is 5.30. The number of nitrogens with zero attached hydrogens (tertiary/aromatic N) is 2. The molecule has 30 heavy (non-hydrogen) atoms. The maximum Gasteiger partial charge on any atom is 0.503 e. The van der Waals surface area contributed by atoms with Crippen LogP contribution in [0.2, 0.25) is 0 Å². The Labute approximate surface area is 178 Å². The van der Waals surface area contributed by atoms with Crippen LogP contribution in [-0.4, -0.2) is 32.4 Å². The molecular weight excluding hydrogens is 406 g/mol. The van der Waals surface area contributed by atoms with Gasteiger partial charge in [-0.3, -0.25) is 4.79 Å². The molecule has 0 unspecified atom stereocenters. The summed E-state index contributed by atoms with van der Waals surface area (Å²) in [5, 5.41) is 22.3. The van der Waals surface area contributed by atoms with Crippen molar-refractivity contribution in [1.82, 2.24) is 10.1 Å². The van der Waals surface area contributed by atoms with Gasteiger partial charge in [-0.2, -0.15) is 4.98 Å². The van der Waals surface area contributed by atoms with Crippen LogP contribution in [0.3, 0.4) is 0 Å². The van der Waals surface area contributed by atoms with Crippen LogP contribution in [0, 0.1) is 5.92 Å². The number of thiophene rings is 1. The molecule has 2 aromatic rings. The minimum Gasteiger partial charge on any atom is -0.450 e. The van der Waals surface area contributed by atoms with E-state index in [2.05, 4.69) is 15.5 Å². The minimum absolute atomic E-state index is 0.153. The van der Waals surface area contributed by atoms with Gasteiger partial charge >= 0.3 is 6.16 Å². The molecule has 3 aliphatic carbocycles. The summed E-state index contributed by atoms with van der Waals surface area (Å²) < 4.78 is 5.64. The molecule has 8 nitrogen and oxygen atoms in total. The number of fused-ring (bicyclic) bond motifs is 1. The van der Waals surface area contributed by atoms with Gasteiger partial charge in [0.15, 0.2) is 5.82 Å². The maximum atomic E-state index is 12.8. The standard InChI is InChI=1S/C20H25N3O2S.CH2O3/c24-18(13-6-2-1-3-7-13)22-20-16(14-8-4-5-9-15(14)26-20)19-21-17(23-25-19)12-10-11-12;2-1(3)4/h12-13H,1-11H2,(H,22,24);(H2,2,3,4). The first-order chi connectivity index (χ1) is 14.5. The molecule has 0 aromatic carbocycles. The largest absolute Gasteiger partial charge is 0.503 e. The summed E-state index contributed by atoms with van der Waals surface area (Å²) >= 11 is 1.72. The molecule has 3 aliphatic rings. The number of aryl methyl sites for hydroxylation is 1. The minimum atomic E-state index is -1.83. The SMILES string of the molecule is O=C(Nc1sc2c(c1-c1nc(C3CC3)no1)CCCC2)C1CCCCC1.O=C(O)O. The van der Waals surface area contributed by atoms with E-state index >= 15 is 0 Å². The smallest absolute Gasteiger partial charge is 0.450 e. The summed E-state index contributed by atoms with van der Waals surface area (Å²) in [5.74, 6) is 2.24. The molecule has 0 saturated heterocycles. The van der Waals surface area contributed by atoms with E-state index in [4.69, 9.17) is 19.5 Å². The first kappa shape index (κ1) is 20.8. The van der Waals surface area contributed by atoms with Crippen molar-refractivity contribution in [3.8, 4) is 11.5 Å². The lowest BCUT2D eigenvalue weighted by Gasteiger charge is -2.20. The highest BCUT2D eigenvalue weighted by Crippen LogP contribution is 2.45. The molecule has 1 amide bonds. The number of aromatic nitrogens is 2. The number of amides is 1. The van der Waals surface area contributed by atoms with Gasteiger partial charge < -0.3 is 20.1 Å². The van der Waals surface area contributed by atoms with E-state index in [-0.39, 0.29) is 11.8 Å². The predicted molar refractivity (Wildman–Crippen MR) is 112 cm³/mol. The number of carbonyl (C=O) groups is 2. The number of rotatable bonds is 4. The second kappa shape index (κ2) is 9.16. The Balaban J connectivity index is 0.000000503. The maximum absolute atomic E-state index is 12.8. The van der Waals surface area contributed by atoms with Crippen LogP contribution in [0.5, 0.6) is 0 Å². The van der Waals surface area contributed by atoms with Gasteiger partial charge in [-0.05, 0) is 56.9 Å². The summed E-state index contributed by atoms with van der Waals surface area (Å²) in [6.07, 6.45) is 10.7. The zero-order valence-electron chi connectivity index (χ0n) is 16.9. The van der Waals surface area contributed by atoms with E-state index in [9.17, 15) is 4.79 Å². The number of hydrogen-bond acceptors (Lipinski definition) is 6. The van der Waals surface area contributed by atoms with E-state index in [0.717, 1.165) is 54.9 Å². The highest BCUT2D eigenvalue weighted by Gasteiger charge is 2.32. The fraction of sp³-hybridized carbons (Fsp3) is 0.619. The Morgan fingerprint density at radius 2 is 1.70 bits per heavy atom. The monoisotopic (exact) mass is 433 g/mol. The lowest BCUT2D eigenvalue weighted by atomic mass is 9.88. The van der Waals surface area contributed by atoms with Gasteiger partial charge in [0.05, 0.1) is 5.56 Å². The van der Waals surface area contributed by atoms with Gasteiger partial charge in [-0.1, -0.05) is 24.4 Å². The molecular formula is C21H27N3O5S. The fourth-order valence-electron chi connectivity index (χ4n) is 4.30. The average Bonchev–Trinajstić information content (AvgIpc) is 3.36. The van der Waals surface area contributed by atoms with Crippen LogP contribution < -0.4 is 5.32 Å². The zero-order chi connectivity index (χ0) is 21.1. The number of anilines is 1. The van der Waals surface area contributed by atoms with E-state index in [0.29, 0.717) is 11.8 Å². The zero-order valence-corrected chi connectivity index (χ0v) is 17.7. The van der Waals surface area contributed by atoms with E-state index < -0.39 is 6.16 Å². The Kier molecular flexibility index (Phi) is 6.36. The molecule has 2 fully saturated rings. The first-order valence-electron chi connectivity index (χ1n) is 10.7. The summed E-state index contributed by atoms with van der Waals surface area (Å²) in [7, 11) is 0. The molecule has 3 N–H and O–H groups in total. The van der Waals surface area contributed by atoms with Crippen molar-refractivity contribution in [2.24, 2.45) is 5.92 Å². The van der Waals surface area contributed by atoms with Crippen LogP contribution in [0.4, 0.5) is 9.80 Å². The van der Waals surface area contributed by atoms with Crippen LogP contribution in [-0.2, 0) is 17.6 Å². The fourth-order valence-corrected chi connectivity index (χ4v) is 5.59. The second-order valence-corrected chi connectivity index (χ2v) is 9.36. The number of carboxylic acid groups (broad SMARTS) is 2. The van der Waals surface area contributed by atoms with Gasteiger partial charge in [-0.25, -0.2) is 4.79 Å². The van der Waals surface area contributed by atoms with E-state index in [1.807, 2.05) is 0 Å². The van der Waals surface area contributed by atoms with Crippen molar-refractivity contribution >= 4 is 28.4 Å². The summed E-state index contributed by atoms with van der Waals surface area (Å²) in [6.45, 7) is 0. The Bertz CT molecular complexity index is 908. The normalized spacial score (nSPS) is 18.8. The summed E-state index contributed by atoms with van der Waals surface area (Å²) in [4.78, 5) is 27.4. The molecule has 0 bridgehead atoms. The quantitative estimate of drug-likeness (QED) is 0.597. The van der Waals surface area contributed by atoms with Crippen LogP contribution in [0.1, 0.15) is 80.0 Å². The lowest BCUT2D eigenvalue weighted by Crippen LogP contribution is -2.24. The average molecular weight is 434 g/mol. The van der Waals surface area contributed by atoms with E-state index in [1.54, 1.807) is 11.3 Å².